The van der Waals surface area contributed by atoms with Gasteiger partial charge in [0.1, 0.15) is 18.5 Å². The van der Waals surface area contributed by atoms with Gasteiger partial charge in [-0.2, -0.15) is 0 Å². The third kappa shape index (κ3) is 4.39. The second kappa shape index (κ2) is 9.16. The number of anilines is 1. The molecule has 1 amide bonds. The van der Waals surface area contributed by atoms with Crippen molar-refractivity contribution >= 4 is 11.8 Å². The van der Waals surface area contributed by atoms with Gasteiger partial charge in [-0.3, -0.25) is 0 Å². The van der Waals surface area contributed by atoms with Crippen LogP contribution in [0.25, 0.3) is 11.1 Å². The number of hydrogen-bond donors (Lipinski definition) is 3. The number of carbonyl (C=O) groups is 1. The molecule has 0 fully saturated rings. The molecule has 0 radical (unpaired) electrons. The zero-order valence-corrected chi connectivity index (χ0v) is 18.6. The first-order valence-corrected chi connectivity index (χ1v) is 11.4. The first-order valence-electron chi connectivity index (χ1n) is 11.4. The van der Waals surface area contributed by atoms with Crippen molar-refractivity contribution in [1.82, 2.24) is 5.32 Å². The van der Waals surface area contributed by atoms with Crippen LogP contribution in [0.4, 0.5) is 10.5 Å². The molecule has 2 unspecified atom stereocenters. The zero-order chi connectivity index (χ0) is 22.8. The lowest BCUT2D eigenvalue weighted by molar-refractivity contribution is 0.136. The molecule has 3 aromatic rings. The van der Waals surface area contributed by atoms with E-state index in [0.29, 0.717) is 19.6 Å². The fourth-order valence-corrected chi connectivity index (χ4v) is 4.70. The van der Waals surface area contributed by atoms with Crippen LogP contribution in [0.15, 0.2) is 66.7 Å². The highest BCUT2D eigenvalue weighted by Crippen LogP contribution is 2.44. The largest absolute Gasteiger partial charge is 0.488 e. The maximum Gasteiger partial charge on any atom is 0.407 e. The smallest absolute Gasteiger partial charge is 0.407 e. The molecule has 3 aromatic carbocycles. The van der Waals surface area contributed by atoms with E-state index >= 15 is 0 Å². The number of nitrogens with one attached hydrogen (secondary N) is 2. The molecule has 1 heterocycles. The molecule has 3 N–H and O–H groups in total. The SMILES string of the molecule is CC(CO)Nc1ccc2c(c1)CC(CNC(=O)OCC1c3ccccc3-c3ccccc31)O2. The minimum absolute atomic E-state index is 0.0172. The van der Waals surface area contributed by atoms with Crippen molar-refractivity contribution in [2.45, 2.75) is 31.4 Å². The van der Waals surface area contributed by atoms with Crippen molar-refractivity contribution in [1.29, 1.82) is 0 Å². The van der Waals surface area contributed by atoms with E-state index in [4.69, 9.17) is 9.47 Å². The lowest BCUT2D eigenvalue weighted by Crippen LogP contribution is -2.35. The van der Waals surface area contributed by atoms with E-state index in [2.05, 4.69) is 34.9 Å². The summed E-state index contributed by atoms with van der Waals surface area (Å²) in [5.74, 6) is 0.874. The molecule has 0 spiro atoms. The Bertz CT molecular complexity index is 1120. The van der Waals surface area contributed by atoms with E-state index in [0.717, 1.165) is 17.0 Å². The van der Waals surface area contributed by atoms with Gasteiger partial charge in [0.25, 0.3) is 0 Å². The topological polar surface area (TPSA) is 79.8 Å². The molecule has 0 saturated carbocycles. The highest BCUT2D eigenvalue weighted by atomic mass is 16.5. The summed E-state index contributed by atoms with van der Waals surface area (Å²) in [5.41, 5.74) is 6.85. The Morgan fingerprint density at radius 1 is 1.09 bits per heavy atom. The van der Waals surface area contributed by atoms with E-state index in [1.807, 2.05) is 49.4 Å². The number of carbonyl (C=O) groups excluding carboxylic acids is 1. The minimum atomic E-state index is -0.435. The molecule has 33 heavy (non-hydrogen) atoms. The molecular formula is C27H28N2O4. The second-order valence-electron chi connectivity index (χ2n) is 8.70. The van der Waals surface area contributed by atoms with E-state index < -0.39 is 6.09 Å². The van der Waals surface area contributed by atoms with Crippen LogP contribution in [-0.4, -0.2) is 43.1 Å². The van der Waals surface area contributed by atoms with Gasteiger partial charge in [0.15, 0.2) is 0 Å². The number of fused-ring (bicyclic) bond motifs is 4. The number of rotatable bonds is 7. The summed E-state index contributed by atoms with van der Waals surface area (Å²) in [5, 5.41) is 15.3. The van der Waals surface area contributed by atoms with Crippen LogP contribution >= 0.6 is 0 Å². The lowest BCUT2D eigenvalue weighted by atomic mass is 9.98. The van der Waals surface area contributed by atoms with Gasteiger partial charge in [0.05, 0.1) is 13.2 Å². The Morgan fingerprint density at radius 3 is 2.48 bits per heavy atom. The summed E-state index contributed by atoms with van der Waals surface area (Å²) in [6.07, 6.45) is 0.142. The summed E-state index contributed by atoms with van der Waals surface area (Å²) < 4.78 is 11.6. The third-order valence-corrected chi connectivity index (χ3v) is 6.31. The fourth-order valence-electron chi connectivity index (χ4n) is 4.70. The van der Waals surface area contributed by atoms with Crippen LogP contribution in [0.5, 0.6) is 5.75 Å². The minimum Gasteiger partial charge on any atom is -0.488 e. The summed E-state index contributed by atoms with van der Waals surface area (Å²) in [4.78, 5) is 12.4. The zero-order valence-electron chi connectivity index (χ0n) is 18.6. The Kier molecular flexibility index (Phi) is 5.92. The van der Waals surface area contributed by atoms with Crippen molar-refractivity contribution in [3.63, 3.8) is 0 Å². The Hall–Kier alpha value is -3.51. The van der Waals surface area contributed by atoms with Gasteiger partial charge in [0.2, 0.25) is 0 Å². The van der Waals surface area contributed by atoms with E-state index in [1.165, 1.54) is 22.3 Å². The predicted molar refractivity (Wildman–Crippen MR) is 128 cm³/mol. The van der Waals surface area contributed by atoms with E-state index in [9.17, 15) is 9.90 Å². The molecule has 6 heteroatoms. The number of aliphatic hydroxyl groups excluding tert-OH is 1. The second-order valence-corrected chi connectivity index (χ2v) is 8.70. The van der Waals surface area contributed by atoms with Gasteiger partial charge in [-0.15, -0.1) is 0 Å². The highest BCUT2D eigenvalue weighted by molar-refractivity contribution is 5.79. The third-order valence-electron chi connectivity index (χ3n) is 6.31. The number of aliphatic hydroxyl groups is 1. The Morgan fingerprint density at radius 2 is 1.79 bits per heavy atom. The highest BCUT2D eigenvalue weighted by Gasteiger charge is 2.29. The van der Waals surface area contributed by atoms with Gasteiger partial charge < -0.3 is 25.2 Å². The molecule has 0 saturated heterocycles. The fraction of sp³-hybridized carbons (Fsp3) is 0.296. The van der Waals surface area contributed by atoms with Crippen LogP contribution in [-0.2, 0) is 11.2 Å². The molecule has 2 atom stereocenters. The van der Waals surface area contributed by atoms with Gasteiger partial charge in [-0.1, -0.05) is 48.5 Å². The molecule has 6 nitrogen and oxygen atoms in total. The van der Waals surface area contributed by atoms with Gasteiger partial charge in [-0.05, 0) is 52.9 Å². The van der Waals surface area contributed by atoms with Crippen LogP contribution < -0.4 is 15.4 Å². The van der Waals surface area contributed by atoms with Crippen molar-refractivity contribution in [2.24, 2.45) is 0 Å². The molecule has 5 rings (SSSR count). The maximum absolute atomic E-state index is 12.4. The van der Waals surface area contributed by atoms with Crippen molar-refractivity contribution < 1.29 is 19.4 Å². The first kappa shape index (κ1) is 21.3. The molecule has 170 valence electrons. The lowest BCUT2D eigenvalue weighted by Gasteiger charge is -2.16. The van der Waals surface area contributed by atoms with Gasteiger partial charge in [0, 0.05) is 24.1 Å². The summed E-state index contributed by atoms with van der Waals surface area (Å²) in [6.45, 7) is 2.66. The number of hydrogen-bond acceptors (Lipinski definition) is 5. The van der Waals surface area contributed by atoms with E-state index in [-0.39, 0.29) is 24.7 Å². The quantitative estimate of drug-likeness (QED) is 0.506. The molecular weight excluding hydrogens is 416 g/mol. The number of ether oxygens (including phenoxy) is 2. The normalized spacial score (nSPS) is 16.8. The summed E-state index contributed by atoms with van der Waals surface area (Å²) >= 11 is 0. The van der Waals surface area contributed by atoms with Crippen LogP contribution in [0.1, 0.15) is 29.5 Å². The van der Waals surface area contributed by atoms with Crippen LogP contribution in [0, 0.1) is 0 Å². The Labute approximate surface area is 193 Å². The van der Waals surface area contributed by atoms with Crippen LogP contribution in [0.3, 0.4) is 0 Å². The standard InChI is InChI=1S/C27H28N2O4/c1-17(15-30)29-19-10-11-26-18(12-19)13-20(33-26)14-28-27(31)32-16-25-23-8-4-2-6-21(23)22-7-3-5-9-24(22)25/h2-12,17,20,25,29-30H,13-16H2,1H3,(H,28,31). The number of alkyl carbamates (subject to hydrolysis) is 1. The number of benzene rings is 3. The monoisotopic (exact) mass is 444 g/mol. The van der Waals surface area contributed by atoms with Crippen LogP contribution in [0.2, 0.25) is 0 Å². The van der Waals surface area contributed by atoms with Gasteiger partial charge >= 0.3 is 6.09 Å². The van der Waals surface area contributed by atoms with Crippen molar-refractivity contribution in [2.75, 3.05) is 25.1 Å². The molecule has 0 aromatic heterocycles. The molecule has 1 aliphatic heterocycles. The van der Waals surface area contributed by atoms with Crippen molar-refractivity contribution in [3.05, 3.63) is 83.4 Å². The van der Waals surface area contributed by atoms with E-state index in [1.54, 1.807) is 0 Å². The van der Waals surface area contributed by atoms with Crippen molar-refractivity contribution in [3.8, 4) is 16.9 Å². The van der Waals surface area contributed by atoms with Gasteiger partial charge in [-0.25, -0.2) is 4.79 Å². The molecule has 2 aliphatic rings. The number of amides is 1. The summed E-state index contributed by atoms with van der Waals surface area (Å²) in [6, 6.07) is 22.5. The molecule has 0 bridgehead atoms. The predicted octanol–water partition coefficient (Wildman–Crippen LogP) is 4.32. The summed E-state index contributed by atoms with van der Waals surface area (Å²) in [7, 11) is 0. The average Bonchev–Trinajstić information content (AvgIpc) is 3.39. The maximum atomic E-state index is 12.4. The average molecular weight is 445 g/mol. The first-order chi connectivity index (χ1) is 16.1. The Balaban J connectivity index is 1.14. The molecule has 1 aliphatic carbocycles.